The fourth-order valence-electron chi connectivity index (χ4n) is 1.47. The van der Waals surface area contributed by atoms with Crippen LogP contribution in [0.2, 0.25) is 0 Å². The topological polar surface area (TPSA) is 68.8 Å². The number of nitrogens with zero attached hydrogens (tertiary/aromatic N) is 3. The van der Waals surface area contributed by atoms with Crippen LogP contribution in [0.1, 0.15) is 32.5 Å². The minimum Gasteiger partial charge on any atom is -0.271 e. The molecule has 0 aliphatic heterocycles. The zero-order chi connectivity index (χ0) is 10.7. The molecular formula is C9H19N5. The van der Waals surface area contributed by atoms with Gasteiger partial charge in [-0.2, -0.15) is 0 Å². The number of rotatable bonds is 4. The summed E-state index contributed by atoms with van der Waals surface area (Å²) in [5.74, 6) is 6.56. The molecule has 1 aromatic heterocycles. The van der Waals surface area contributed by atoms with Crippen LogP contribution in [0.3, 0.4) is 0 Å². The van der Waals surface area contributed by atoms with Crippen LogP contribution in [-0.2, 0) is 7.05 Å². The van der Waals surface area contributed by atoms with E-state index in [9.17, 15) is 0 Å². The minimum absolute atomic E-state index is 0.106. The van der Waals surface area contributed by atoms with Gasteiger partial charge in [-0.15, -0.1) is 5.10 Å². The third kappa shape index (κ3) is 2.10. The van der Waals surface area contributed by atoms with Crippen molar-refractivity contribution in [3.8, 4) is 0 Å². The Morgan fingerprint density at radius 3 is 2.43 bits per heavy atom. The van der Waals surface area contributed by atoms with Gasteiger partial charge in [0.1, 0.15) is 0 Å². The fraction of sp³-hybridized carbons (Fsp3) is 0.778. The summed E-state index contributed by atoms with van der Waals surface area (Å²) in [6.45, 7) is 6.53. The first-order chi connectivity index (χ1) is 6.57. The molecule has 0 aromatic carbocycles. The molecule has 5 heteroatoms. The van der Waals surface area contributed by atoms with E-state index in [1.165, 1.54) is 0 Å². The smallest absolute Gasteiger partial charge is 0.0769 e. The Balaban J connectivity index is 2.87. The molecule has 80 valence electrons. The van der Waals surface area contributed by atoms with Crippen LogP contribution >= 0.6 is 0 Å². The highest BCUT2D eigenvalue weighted by Crippen LogP contribution is 2.25. The van der Waals surface area contributed by atoms with Gasteiger partial charge in [0.15, 0.2) is 0 Å². The third-order valence-electron chi connectivity index (χ3n) is 2.83. The van der Waals surface area contributed by atoms with E-state index in [0.717, 1.165) is 5.69 Å². The summed E-state index contributed by atoms with van der Waals surface area (Å²) in [5.41, 5.74) is 3.85. The van der Waals surface area contributed by atoms with Gasteiger partial charge in [-0.3, -0.25) is 16.0 Å². The predicted octanol–water partition coefficient (Wildman–Crippen LogP) is 0.612. The molecule has 0 radical (unpaired) electrons. The van der Waals surface area contributed by atoms with Gasteiger partial charge in [0.05, 0.1) is 17.9 Å². The van der Waals surface area contributed by atoms with E-state index in [4.69, 9.17) is 5.84 Å². The van der Waals surface area contributed by atoms with Crippen molar-refractivity contribution in [3.05, 3.63) is 11.9 Å². The molecular weight excluding hydrogens is 178 g/mol. The highest BCUT2D eigenvalue weighted by molar-refractivity contribution is 5.03. The fourth-order valence-corrected chi connectivity index (χ4v) is 1.47. The van der Waals surface area contributed by atoms with Crippen molar-refractivity contribution < 1.29 is 0 Å². The van der Waals surface area contributed by atoms with Gasteiger partial charge < -0.3 is 0 Å². The number of hydrogen-bond donors (Lipinski definition) is 2. The Hall–Kier alpha value is -0.940. The maximum Gasteiger partial charge on any atom is 0.0769 e. The van der Waals surface area contributed by atoms with Crippen LogP contribution in [0, 0.1) is 11.8 Å². The molecule has 5 nitrogen and oxygen atoms in total. The van der Waals surface area contributed by atoms with Gasteiger partial charge in [-0.25, -0.2) is 0 Å². The zero-order valence-corrected chi connectivity index (χ0v) is 9.23. The van der Waals surface area contributed by atoms with Crippen LogP contribution < -0.4 is 11.3 Å². The summed E-state index contributed by atoms with van der Waals surface area (Å²) in [7, 11) is 1.87. The lowest BCUT2D eigenvalue weighted by Gasteiger charge is -2.25. The lowest BCUT2D eigenvalue weighted by molar-refractivity contribution is 0.295. The quantitative estimate of drug-likeness (QED) is 0.548. The molecule has 0 amide bonds. The summed E-state index contributed by atoms with van der Waals surface area (Å²) in [4.78, 5) is 0. The van der Waals surface area contributed by atoms with Gasteiger partial charge in [0.2, 0.25) is 0 Å². The highest BCUT2D eigenvalue weighted by Gasteiger charge is 2.23. The van der Waals surface area contributed by atoms with Crippen molar-refractivity contribution in [1.29, 1.82) is 0 Å². The maximum absolute atomic E-state index is 5.55. The van der Waals surface area contributed by atoms with Gasteiger partial charge >= 0.3 is 0 Å². The van der Waals surface area contributed by atoms with E-state index < -0.39 is 0 Å². The lowest BCUT2D eigenvalue weighted by atomic mass is 9.89. The SMILES string of the molecule is CC(C)C(C)C(NN)c1cnnn1C. The molecule has 1 rings (SSSR count). The second-order valence-corrected chi connectivity index (χ2v) is 4.03. The summed E-state index contributed by atoms with van der Waals surface area (Å²) in [6.07, 6.45) is 1.75. The van der Waals surface area contributed by atoms with Crippen molar-refractivity contribution in [3.63, 3.8) is 0 Å². The van der Waals surface area contributed by atoms with E-state index in [-0.39, 0.29) is 6.04 Å². The summed E-state index contributed by atoms with van der Waals surface area (Å²) >= 11 is 0. The number of nitrogens with two attached hydrogens (primary N) is 1. The molecule has 14 heavy (non-hydrogen) atoms. The standard InChI is InChI=1S/C9H19N5/c1-6(2)7(3)9(12-10)8-5-11-13-14(8)4/h5-7,9,12H,10H2,1-4H3. The number of aromatic nitrogens is 3. The lowest BCUT2D eigenvalue weighted by Crippen LogP contribution is -2.35. The highest BCUT2D eigenvalue weighted by atomic mass is 15.4. The van der Waals surface area contributed by atoms with Crippen molar-refractivity contribution in [2.45, 2.75) is 26.8 Å². The number of hydrazine groups is 1. The third-order valence-corrected chi connectivity index (χ3v) is 2.83. The van der Waals surface area contributed by atoms with Crippen molar-refractivity contribution in [2.75, 3.05) is 0 Å². The molecule has 0 aliphatic carbocycles. The molecule has 2 unspecified atom stereocenters. The van der Waals surface area contributed by atoms with Crippen molar-refractivity contribution >= 4 is 0 Å². The Morgan fingerprint density at radius 2 is 2.07 bits per heavy atom. The van der Waals surface area contributed by atoms with E-state index in [1.54, 1.807) is 10.9 Å². The number of aryl methyl sites for hydroxylation is 1. The summed E-state index contributed by atoms with van der Waals surface area (Å²) in [5, 5.41) is 7.75. The predicted molar refractivity (Wildman–Crippen MR) is 55.1 cm³/mol. The monoisotopic (exact) mass is 197 g/mol. The van der Waals surface area contributed by atoms with E-state index in [1.807, 2.05) is 7.05 Å². The first kappa shape index (κ1) is 11.1. The van der Waals surface area contributed by atoms with Crippen molar-refractivity contribution in [2.24, 2.45) is 24.7 Å². The van der Waals surface area contributed by atoms with Gasteiger partial charge in [0.25, 0.3) is 0 Å². The molecule has 0 fully saturated rings. The molecule has 2 atom stereocenters. The van der Waals surface area contributed by atoms with Gasteiger partial charge in [-0.1, -0.05) is 26.0 Å². The molecule has 0 spiro atoms. The normalized spacial score (nSPS) is 15.9. The van der Waals surface area contributed by atoms with Crippen LogP contribution in [0.25, 0.3) is 0 Å². The largest absolute Gasteiger partial charge is 0.271 e. The van der Waals surface area contributed by atoms with Crippen LogP contribution in [0.15, 0.2) is 6.20 Å². The Labute approximate surface area is 84.6 Å². The van der Waals surface area contributed by atoms with Crippen LogP contribution in [0.5, 0.6) is 0 Å². The minimum atomic E-state index is 0.106. The van der Waals surface area contributed by atoms with Gasteiger partial charge in [-0.05, 0) is 11.8 Å². The number of nitrogens with one attached hydrogen (secondary N) is 1. The van der Waals surface area contributed by atoms with Gasteiger partial charge in [0, 0.05) is 7.05 Å². The van der Waals surface area contributed by atoms with E-state index in [2.05, 4.69) is 36.5 Å². The molecule has 1 heterocycles. The first-order valence-electron chi connectivity index (χ1n) is 4.88. The van der Waals surface area contributed by atoms with Crippen LogP contribution in [0.4, 0.5) is 0 Å². The van der Waals surface area contributed by atoms with E-state index in [0.29, 0.717) is 11.8 Å². The average Bonchev–Trinajstić information content (AvgIpc) is 2.53. The first-order valence-corrected chi connectivity index (χ1v) is 4.88. The van der Waals surface area contributed by atoms with E-state index >= 15 is 0 Å². The van der Waals surface area contributed by atoms with Crippen LogP contribution in [-0.4, -0.2) is 15.0 Å². The second-order valence-electron chi connectivity index (χ2n) is 4.03. The maximum atomic E-state index is 5.55. The Kier molecular flexibility index (Phi) is 3.60. The zero-order valence-electron chi connectivity index (χ0n) is 9.23. The summed E-state index contributed by atoms with van der Waals surface area (Å²) in [6, 6.07) is 0.106. The summed E-state index contributed by atoms with van der Waals surface area (Å²) < 4.78 is 1.75. The molecule has 0 bridgehead atoms. The molecule has 1 aromatic rings. The number of hydrogen-bond acceptors (Lipinski definition) is 4. The second kappa shape index (κ2) is 4.52. The Morgan fingerprint density at radius 1 is 1.43 bits per heavy atom. The molecule has 0 aliphatic rings. The Bertz CT molecular complexity index is 280. The molecule has 0 saturated heterocycles. The average molecular weight is 197 g/mol. The van der Waals surface area contributed by atoms with Crippen molar-refractivity contribution in [1.82, 2.24) is 20.4 Å². The molecule has 3 N–H and O–H groups in total. The molecule has 0 saturated carbocycles.